The number of ether oxygens (including phenoxy) is 1. The molecular weight excluding hydrogens is 554 g/mol. The fourth-order valence-corrected chi connectivity index (χ4v) is 7.52. The Bertz CT molecular complexity index is 1840. The van der Waals surface area contributed by atoms with E-state index in [0.29, 0.717) is 17.4 Å². The highest BCUT2D eigenvalue weighted by molar-refractivity contribution is 7.91. The fraction of sp³-hybridized carbons (Fsp3) is 0.355. The maximum absolute atomic E-state index is 13.9. The van der Waals surface area contributed by atoms with Crippen molar-refractivity contribution in [2.75, 3.05) is 31.2 Å². The number of carbonyl (C=O) groups excluding carboxylic acids is 1. The van der Waals surface area contributed by atoms with Crippen LogP contribution in [0.5, 0.6) is 5.75 Å². The zero-order valence-corrected chi connectivity index (χ0v) is 24.6. The Morgan fingerprint density at radius 2 is 1.88 bits per heavy atom. The molecule has 2 aromatic carbocycles. The lowest BCUT2D eigenvalue weighted by Crippen LogP contribution is -2.37. The van der Waals surface area contributed by atoms with Crippen LogP contribution in [0.15, 0.2) is 70.5 Å². The molecule has 2 unspecified atom stereocenters. The first-order valence-electron chi connectivity index (χ1n) is 14.1. The number of anilines is 2. The summed E-state index contributed by atoms with van der Waals surface area (Å²) in [4.78, 5) is 38.5. The molecule has 2 atom stereocenters. The first-order valence-corrected chi connectivity index (χ1v) is 15.7. The van der Waals surface area contributed by atoms with Gasteiger partial charge in [-0.15, -0.1) is 0 Å². The second kappa shape index (κ2) is 11.0. The smallest absolute Gasteiger partial charge is 0.263 e. The second-order valence-electron chi connectivity index (χ2n) is 11.4. The van der Waals surface area contributed by atoms with E-state index in [1.165, 1.54) is 10.6 Å². The molecule has 42 heavy (non-hydrogen) atoms. The van der Waals surface area contributed by atoms with E-state index in [-0.39, 0.29) is 39.7 Å². The Labute approximate surface area is 244 Å². The van der Waals surface area contributed by atoms with Crippen LogP contribution in [0.4, 0.5) is 11.6 Å². The standard InChI is InChI=1S/C31H33N5O5S/c1-19(2)28(37)26-15-21-16-32-31(33-22-8-10-24(11-9-22)41-25-12-13-35(3)17-25)34-29(21)36(30(26)38)23-14-20-6-4-5-7-27(20)42(39,40)18-23/h4-11,15-16,19,23,25H,12-14,17-18H2,1-3H3,(H,32,33,34). The molecule has 11 heteroatoms. The zero-order chi connectivity index (χ0) is 29.6. The van der Waals surface area contributed by atoms with Gasteiger partial charge in [-0.1, -0.05) is 32.0 Å². The predicted octanol–water partition coefficient (Wildman–Crippen LogP) is 4.03. The summed E-state index contributed by atoms with van der Waals surface area (Å²) in [5.74, 6) is 0.00821. The molecule has 0 radical (unpaired) electrons. The summed E-state index contributed by atoms with van der Waals surface area (Å²) in [5, 5.41) is 3.65. The molecule has 4 heterocycles. The van der Waals surface area contributed by atoms with E-state index >= 15 is 0 Å². The molecule has 6 rings (SSSR count). The van der Waals surface area contributed by atoms with Gasteiger partial charge >= 0.3 is 0 Å². The van der Waals surface area contributed by atoms with Crippen molar-refractivity contribution in [3.8, 4) is 5.75 Å². The summed E-state index contributed by atoms with van der Waals surface area (Å²) in [7, 11) is -1.59. The van der Waals surface area contributed by atoms with Gasteiger partial charge in [0.1, 0.15) is 17.5 Å². The van der Waals surface area contributed by atoms with Gasteiger partial charge in [-0.05, 0) is 61.9 Å². The SMILES string of the molecule is CC(C)C(=O)c1cc2cnc(Nc3ccc(OC4CCN(C)C4)cc3)nc2n(C2Cc3ccccc3S(=O)(=O)C2)c1=O. The lowest BCUT2D eigenvalue weighted by molar-refractivity contribution is 0.0937. The van der Waals surface area contributed by atoms with Crippen molar-refractivity contribution in [1.29, 1.82) is 0 Å². The summed E-state index contributed by atoms with van der Waals surface area (Å²) in [6.07, 6.45) is 3.02. The number of likely N-dealkylation sites (tertiary alicyclic amines) is 1. The summed E-state index contributed by atoms with van der Waals surface area (Å²) in [5.41, 5.74) is 1.07. The molecule has 1 fully saturated rings. The van der Waals surface area contributed by atoms with Crippen molar-refractivity contribution in [1.82, 2.24) is 19.4 Å². The number of benzene rings is 2. The number of hydrogen-bond acceptors (Lipinski definition) is 9. The van der Waals surface area contributed by atoms with Gasteiger partial charge in [0.15, 0.2) is 15.6 Å². The van der Waals surface area contributed by atoms with Crippen molar-refractivity contribution in [3.63, 3.8) is 0 Å². The first kappa shape index (κ1) is 28.0. The summed E-state index contributed by atoms with van der Waals surface area (Å²) >= 11 is 0. The molecule has 218 valence electrons. The molecule has 1 saturated heterocycles. The molecule has 0 aliphatic carbocycles. The number of hydrogen-bond donors (Lipinski definition) is 1. The number of carbonyl (C=O) groups is 1. The molecular formula is C31H33N5O5S. The maximum Gasteiger partial charge on any atom is 0.263 e. The zero-order valence-electron chi connectivity index (χ0n) is 23.8. The number of nitrogens with zero attached hydrogens (tertiary/aromatic N) is 4. The number of pyridine rings is 1. The second-order valence-corrected chi connectivity index (χ2v) is 13.4. The third kappa shape index (κ3) is 5.41. The Kier molecular flexibility index (Phi) is 7.32. The minimum absolute atomic E-state index is 0.00195. The molecule has 10 nitrogen and oxygen atoms in total. The maximum atomic E-state index is 13.9. The quantitative estimate of drug-likeness (QED) is 0.319. The van der Waals surface area contributed by atoms with Gasteiger partial charge in [0.05, 0.1) is 22.3 Å². The van der Waals surface area contributed by atoms with Crippen LogP contribution in [0.2, 0.25) is 0 Å². The van der Waals surface area contributed by atoms with Gasteiger partial charge in [0, 0.05) is 36.3 Å². The third-order valence-corrected chi connectivity index (χ3v) is 9.76. The molecule has 1 N–H and O–H groups in total. The van der Waals surface area contributed by atoms with Gasteiger partial charge in [0.2, 0.25) is 5.95 Å². The average Bonchev–Trinajstić information content (AvgIpc) is 3.37. The third-order valence-electron chi connectivity index (χ3n) is 7.86. The van der Waals surface area contributed by atoms with Crippen molar-refractivity contribution < 1.29 is 17.9 Å². The summed E-state index contributed by atoms with van der Waals surface area (Å²) in [6.45, 7) is 5.36. The number of ketones is 1. The van der Waals surface area contributed by atoms with E-state index in [1.807, 2.05) is 24.3 Å². The molecule has 0 saturated carbocycles. The van der Waals surface area contributed by atoms with Crippen LogP contribution in [-0.4, -0.2) is 65.6 Å². The largest absolute Gasteiger partial charge is 0.489 e. The summed E-state index contributed by atoms with van der Waals surface area (Å²) in [6, 6.07) is 15.1. The van der Waals surface area contributed by atoms with E-state index in [9.17, 15) is 18.0 Å². The molecule has 4 aromatic rings. The van der Waals surface area contributed by atoms with E-state index in [4.69, 9.17) is 4.74 Å². The highest BCUT2D eigenvalue weighted by Crippen LogP contribution is 2.32. The molecule has 0 amide bonds. The number of rotatable bonds is 7. The van der Waals surface area contributed by atoms with E-state index in [1.54, 1.807) is 44.3 Å². The van der Waals surface area contributed by atoms with Gasteiger partial charge in [0.25, 0.3) is 5.56 Å². The van der Waals surface area contributed by atoms with Crippen LogP contribution in [-0.2, 0) is 16.3 Å². The van der Waals surface area contributed by atoms with Crippen molar-refractivity contribution in [2.45, 2.75) is 43.7 Å². The lowest BCUT2D eigenvalue weighted by atomic mass is 10.0. The van der Waals surface area contributed by atoms with Gasteiger partial charge < -0.3 is 15.0 Å². The number of nitrogens with one attached hydrogen (secondary N) is 1. The topological polar surface area (TPSA) is 123 Å². The number of sulfone groups is 1. The van der Waals surface area contributed by atoms with Crippen molar-refractivity contribution in [3.05, 3.63) is 82.3 Å². The summed E-state index contributed by atoms with van der Waals surface area (Å²) < 4.78 is 34.0. The monoisotopic (exact) mass is 587 g/mol. The number of likely N-dealkylation sites (N-methyl/N-ethyl adjacent to an activating group) is 1. The predicted molar refractivity (Wildman–Crippen MR) is 160 cm³/mol. The molecule has 2 aliphatic heterocycles. The lowest BCUT2D eigenvalue weighted by Gasteiger charge is -2.27. The van der Waals surface area contributed by atoms with Crippen LogP contribution in [0.1, 0.15) is 42.2 Å². The van der Waals surface area contributed by atoms with Crippen molar-refractivity contribution >= 4 is 38.3 Å². The molecule has 2 aromatic heterocycles. The van der Waals surface area contributed by atoms with Gasteiger partial charge in [-0.3, -0.25) is 14.2 Å². The highest BCUT2D eigenvalue weighted by atomic mass is 32.2. The number of aromatic nitrogens is 3. The van der Waals surface area contributed by atoms with E-state index in [0.717, 1.165) is 30.9 Å². The Morgan fingerprint density at radius 3 is 2.60 bits per heavy atom. The Balaban J connectivity index is 1.37. The van der Waals surface area contributed by atoms with Gasteiger partial charge in [-0.2, -0.15) is 4.98 Å². The molecule has 2 aliphatic rings. The molecule has 0 bridgehead atoms. The highest BCUT2D eigenvalue weighted by Gasteiger charge is 2.34. The van der Waals surface area contributed by atoms with E-state index in [2.05, 4.69) is 27.2 Å². The van der Waals surface area contributed by atoms with Crippen LogP contribution in [0.25, 0.3) is 11.0 Å². The van der Waals surface area contributed by atoms with Gasteiger partial charge in [-0.25, -0.2) is 13.4 Å². The van der Waals surface area contributed by atoms with Crippen LogP contribution in [0, 0.1) is 5.92 Å². The first-order chi connectivity index (χ1) is 20.1. The Morgan fingerprint density at radius 1 is 1.12 bits per heavy atom. The normalized spacial score (nSPS) is 20.0. The van der Waals surface area contributed by atoms with E-state index < -0.39 is 27.4 Å². The number of Topliss-reactive ketones (excluding diaryl/α,β-unsaturated/α-hetero) is 1. The average molecular weight is 588 g/mol. The van der Waals surface area contributed by atoms with Crippen LogP contribution in [0.3, 0.4) is 0 Å². The molecule has 0 spiro atoms. The minimum Gasteiger partial charge on any atom is -0.489 e. The van der Waals surface area contributed by atoms with Crippen molar-refractivity contribution in [2.24, 2.45) is 5.92 Å². The fourth-order valence-electron chi connectivity index (χ4n) is 5.73. The van der Waals surface area contributed by atoms with Crippen LogP contribution >= 0.6 is 0 Å². The Hall–Kier alpha value is -4.09. The van der Waals surface area contributed by atoms with Crippen LogP contribution < -0.4 is 15.6 Å². The number of fused-ring (bicyclic) bond motifs is 2. The minimum atomic E-state index is -3.67.